The van der Waals surface area contributed by atoms with Crippen LogP contribution in [0.15, 0.2) is 33.6 Å². The molecular formula is C11H4BrF3N2O4. The molecule has 0 atom stereocenters. The van der Waals surface area contributed by atoms with Gasteiger partial charge in [-0.3, -0.25) is 14.9 Å². The third kappa shape index (κ3) is 2.94. The van der Waals surface area contributed by atoms with Crippen molar-refractivity contribution in [1.29, 1.82) is 0 Å². The second kappa shape index (κ2) is 5.28. The third-order valence-electron chi connectivity index (χ3n) is 2.54. The Balaban J connectivity index is 2.57. The van der Waals surface area contributed by atoms with Crippen molar-refractivity contribution < 1.29 is 27.4 Å². The monoisotopic (exact) mass is 364 g/mol. The lowest BCUT2D eigenvalue weighted by molar-refractivity contribution is -0.385. The van der Waals surface area contributed by atoms with Crippen LogP contribution in [-0.2, 0) is 6.18 Å². The van der Waals surface area contributed by atoms with Gasteiger partial charge >= 0.3 is 6.18 Å². The zero-order chi connectivity index (χ0) is 15.8. The van der Waals surface area contributed by atoms with Gasteiger partial charge in [-0.05, 0) is 28.1 Å². The molecule has 110 valence electrons. The van der Waals surface area contributed by atoms with E-state index in [-0.39, 0.29) is 10.2 Å². The number of rotatable bonds is 3. The third-order valence-corrected chi connectivity index (χ3v) is 3.11. The maximum atomic E-state index is 12.6. The first-order chi connectivity index (χ1) is 9.71. The van der Waals surface area contributed by atoms with Crippen molar-refractivity contribution in [2.24, 2.45) is 0 Å². The number of carbonyl (C=O) groups is 1. The summed E-state index contributed by atoms with van der Waals surface area (Å²) in [5.74, 6) is -0.872. The summed E-state index contributed by atoms with van der Waals surface area (Å²) in [5, 5.41) is 14.3. The molecule has 21 heavy (non-hydrogen) atoms. The average molecular weight is 365 g/mol. The second-order valence-electron chi connectivity index (χ2n) is 3.83. The zero-order valence-corrected chi connectivity index (χ0v) is 11.4. The van der Waals surface area contributed by atoms with E-state index in [1.165, 1.54) is 0 Å². The summed E-state index contributed by atoms with van der Waals surface area (Å²) in [5.41, 5.74) is -2.77. The molecule has 0 fully saturated rings. The lowest BCUT2D eigenvalue weighted by Crippen LogP contribution is -2.10. The molecule has 0 unspecified atom stereocenters. The SMILES string of the molecule is O=C(c1ccc(C(F)(F)F)cc1[N+](=O)[O-])c1conc1Br. The molecule has 0 spiro atoms. The number of nitrogens with zero attached hydrogens (tertiary/aromatic N) is 2. The Morgan fingerprint density at radius 1 is 1.33 bits per heavy atom. The lowest BCUT2D eigenvalue weighted by atomic mass is 10.0. The van der Waals surface area contributed by atoms with Crippen molar-refractivity contribution in [3.8, 4) is 0 Å². The van der Waals surface area contributed by atoms with Crippen LogP contribution in [-0.4, -0.2) is 15.9 Å². The van der Waals surface area contributed by atoms with Crippen LogP contribution in [0.5, 0.6) is 0 Å². The molecule has 0 bridgehead atoms. The molecule has 0 saturated carbocycles. The van der Waals surface area contributed by atoms with Crippen LogP contribution >= 0.6 is 15.9 Å². The number of aromatic nitrogens is 1. The molecule has 1 aromatic carbocycles. The molecule has 10 heteroatoms. The summed E-state index contributed by atoms with van der Waals surface area (Å²) in [4.78, 5) is 21.9. The van der Waals surface area contributed by atoms with E-state index in [1.54, 1.807) is 0 Å². The minimum atomic E-state index is -4.75. The van der Waals surface area contributed by atoms with Crippen molar-refractivity contribution in [2.75, 3.05) is 0 Å². The zero-order valence-electron chi connectivity index (χ0n) is 9.85. The normalized spacial score (nSPS) is 11.4. The number of hydrogen-bond donors (Lipinski definition) is 0. The predicted molar refractivity (Wildman–Crippen MR) is 65.7 cm³/mol. The summed E-state index contributed by atoms with van der Waals surface area (Å²) < 4.78 is 42.2. The standard InChI is InChI=1S/C11H4BrF3N2O4/c12-10-7(4-21-16-10)9(18)6-2-1-5(11(13,14)15)3-8(6)17(19)20/h1-4H. The highest BCUT2D eigenvalue weighted by Gasteiger charge is 2.34. The minimum absolute atomic E-state index is 0.00157. The van der Waals surface area contributed by atoms with Crippen molar-refractivity contribution >= 4 is 27.4 Å². The maximum Gasteiger partial charge on any atom is 0.416 e. The molecule has 1 heterocycles. The number of halogens is 4. The van der Waals surface area contributed by atoms with E-state index in [4.69, 9.17) is 0 Å². The highest BCUT2D eigenvalue weighted by Crippen LogP contribution is 2.34. The van der Waals surface area contributed by atoms with E-state index in [9.17, 15) is 28.1 Å². The van der Waals surface area contributed by atoms with Gasteiger partial charge in [-0.2, -0.15) is 13.2 Å². The van der Waals surface area contributed by atoms with Gasteiger partial charge < -0.3 is 4.52 Å². The maximum absolute atomic E-state index is 12.6. The quantitative estimate of drug-likeness (QED) is 0.471. The van der Waals surface area contributed by atoms with E-state index in [1.807, 2.05) is 0 Å². The van der Waals surface area contributed by atoms with Gasteiger partial charge in [0.25, 0.3) is 5.69 Å². The van der Waals surface area contributed by atoms with Gasteiger partial charge in [-0.25, -0.2) is 0 Å². The number of nitro groups is 1. The molecule has 2 rings (SSSR count). The van der Waals surface area contributed by atoms with Crippen molar-refractivity contribution in [1.82, 2.24) is 5.16 Å². The summed E-state index contributed by atoms with van der Waals surface area (Å²) in [7, 11) is 0. The van der Waals surface area contributed by atoms with Gasteiger partial charge in [-0.1, -0.05) is 5.16 Å². The van der Waals surface area contributed by atoms with E-state index < -0.39 is 33.7 Å². The minimum Gasteiger partial charge on any atom is -0.363 e. The van der Waals surface area contributed by atoms with Crippen LogP contribution in [0.1, 0.15) is 21.5 Å². The van der Waals surface area contributed by atoms with Gasteiger partial charge in [0.1, 0.15) is 11.8 Å². The fourth-order valence-electron chi connectivity index (χ4n) is 1.57. The Labute approximate surface area is 122 Å². The van der Waals surface area contributed by atoms with Gasteiger partial charge in [0, 0.05) is 6.07 Å². The molecule has 0 N–H and O–H groups in total. The number of benzene rings is 1. The average Bonchev–Trinajstić information content (AvgIpc) is 2.82. The Morgan fingerprint density at radius 2 is 2.00 bits per heavy atom. The first-order valence-electron chi connectivity index (χ1n) is 5.22. The molecule has 0 aliphatic heterocycles. The molecule has 0 aliphatic rings. The number of nitro benzene ring substituents is 1. The van der Waals surface area contributed by atoms with Crippen LogP contribution in [0.2, 0.25) is 0 Å². The Bertz CT molecular complexity index is 726. The highest BCUT2D eigenvalue weighted by molar-refractivity contribution is 9.10. The fraction of sp³-hybridized carbons (Fsp3) is 0.0909. The largest absolute Gasteiger partial charge is 0.416 e. The van der Waals surface area contributed by atoms with Crippen LogP contribution in [0.3, 0.4) is 0 Å². The Kier molecular flexibility index (Phi) is 3.81. The van der Waals surface area contributed by atoms with E-state index in [0.717, 1.165) is 12.3 Å². The van der Waals surface area contributed by atoms with Crippen LogP contribution < -0.4 is 0 Å². The molecule has 0 radical (unpaired) electrons. The van der Waals surface area contributed by atoms with Gasteiger partial charge in [0.05, 0.1) is 16.1 Å². The van der Waals surface area contributed by atoms with Crippen molar-refractivity contribution in [2.45, 2.75) is 6.18 Å². The first kappa shape index (κ1) is 15.2. The highest BCUT2D eigenvalue weighted by atomic mass is 79.9. The smallest absolute Gasteiger partial charge is 0.363 e. The second-order valence-corrected chi connectivity index (χ2v) is 4.59. The van der Waals surface area contributed by atoms with Crippen LogP contribution in [0, 0.1) is 10.1 Å². The molecule has 2 aromatic rings. The van der Waals surface area contributed by atoms with Crippen molar-refractivity contribution in [3.05, 3.63) is 55.9 Å². The van der Waals surface area contributed by atoms with Gasteiger partial charge in [0.2, 0.25) is 5.78 Å². The van der Waals surface area contributed by atoms with Crippen LogP contribution in [0.25, 0.3) is 0 Å². The molecule has 0 saturated heterocycles. The van der Waals surface area contributed by atoms with E-state index >= 15 is 0 Å². The van der Waals surface area contributed by atoms with Gasteiger partial charge in [-0.15, -0.1) is 0 Å². The molecule has 0 amide bonds. The number of hydrogen-bond acceptors (Lipinski definition) is 5. The summed E-state index contributed by atoms with van der Waals surface area (Å²) >= 11 is 2.90. The molecular weight excluding hydrogens is 361 g/mol. The molecule has 0 aliphatic carbocycles. The Morgan fingerprint density at radius 3 is 2.48 bits per heavy atom. The first-order valence-corrected chi connectivity index (χ1v) is 6.01. The summed E-state index contributed by atoms with van der Waals surface area (Å²) in [6.45, 7) is 0. The molecule has 6 nitrogen and oxygen atoms in total. The van der Waals surface area contributed by atoms with Gasteiger partial charge in [0.15, 0.2) is 4.60 Å². The predicted octanol–water partition coefficient (Wildman–Crippen LogP) is 3.60. The number of carbonyl (C=O) groups excluding carboxylic acids is 1. The summed E-state index contributed by atoms with van der Waals surface area (Å²) in [6, 6.07) is 1.67. The topological polar surface area (TPSA) is 86.2 Å². The Hall–Kier alpha value is -2.23. The number of alkyl halides is 3. The summed E-state index contributed by atoms with van der Waals surface area (Å²) in [6.07, 6.45) is -3.81. The van der Waals surface area contributed by atoms with E-state index in [2.05, 4.69) is 25.6 Å². The molecule has 1 aromatic heterocycles. The van der Waals surface area contributed by atoms with Crippen LogP contribution in [0.4, 0.5) is 18.9 Å². The van der Waals surface area contributed by atoms with E-state index in [0.29, 0.717) is 12.1 Å². The van der Waals surface area contributed by atoms with Crippen molar-refractivity contribution in [3.63, 3.8) is 0 Å². The number of ketones is 1. The fourth-order valence-corrected chi connectivity index (χ4v) is 1.92. The lowest BCUT2D eigenvalue weighted by Gasteiger charge is -2.07.